The molecule has 0 heterocycles. The monoisotopic (exact) mass is 303 g/mol. The number of sulfonamides is 1. The molecule has 0 bridgehead atoms. The zero-order valence-corrected chi connectivity index (χ0v) is 11.9. The molecule has 0 spiro atoms. The fourth-order valence-electron chi connectivity index (χ4n) is 1.50. The van der Waals surface area contributed by atoms with Crippen molar-refractivity contribution in [1.82, 2.24) is 4.72 Å². The second-order valence-corrected chi connectivity index (χ2v) is 5.66. The Morgan fingerprint density at radius 1 is 1.45 bits per heavy atom. The summed E-state index contributed by atoms with van der Waals surface area (Å²) < 4.78 is 31.4. The van der Waals surface area contributed by atoms with Crippen molar-refractivity contribution in [2.75, 3.05) is 25.5 Å². The summed E-state index contributed by atoms with van der Waals surface area (Å²) in [6, 6.07) is 3.25. The van der Waals surface area contributed by atoms with Gasteiger partial charge in [0.1, 0.15) is 4.90 Å². The maximum absolute atomic E-state index is 12.0. The van der Waals surface area contributed by atoms with Crippen molar-refractivity contribution in [1.29, 1.82) is 0 Å². The number of nitrogen functional groups attached to an aromatic ring is 1. The molecule has 0 aliphatic carbocycles. The maximum Gasteiger partial charge on any atom is 0.271 e. The number of nitro groups is 1. The number of nitro benzene ring substituents is 1. The summed E-state index contributed by atoms with van der Waals surface area (Å²) in [5.41, 5.74) is 5.14. The lowest BCUT2D eigenvalue weighted by Crippen LogP contribution is -2.26. The summed E-state index contributed by atoms with van der Waals surface area (Å²) in [7, 11) is -3.77. The Labute approximate surface area is 117 Å². The van der Waals surface area contributed by atoms with Crippen LogP contribution in [0.15, 0.2) is 23.1 Å². The molecule has 112 valence electrons. The van der Waals surface area contributed by atoms with Crippen LogP contribution in [0.4, 0.5) is 11.4 Å². The van der Waals surface area contributed by atoms with Crippen LogP contribution >= 0.6 is 0 Å². The van der Waals surface area contributed by atoms with Gasteiger partial charge >= 0.3 is 0 Å². The Morgan fingerprint density at radius 3 is 2.70 bits per heavy atom. The predicted molar refractivity (Wildman–Crippen MR) is 73.8 cm³/mol. The van der Waals surface area contributed by atoms with E-state index < -0.39 is 14.9 Å². The van der Waals surface area contributed by atoms with Gasteiger partial charge in [0.15, 0.2) is 0 Å². The minimum absolute atomic E-state index is 0.156. The number of non-ortho nitro benzene ring substituents is 1. The number of nitrogens with one attached hydrogen (secondary N) is 1. The van der Waals surface area contributed by atoms with E-state index >= 15 is 0 Å². The SMILES string of the molecule is CCOCCCNS(=O)(=O)c1ccc([N+](=O)[O-])cc1N. The molecule has 20 heavy (non-hydrogen) atoms. The summed E-state index contributed by atoms with van der Waals surface area (Å²) in [4.78, 5) is 9.75. The first-order chi connectivity index (χ1) is 9.38. The largest absolute Gasteiger partial charge is 0.397 e. The van der Waals surface area contributed by atoms with E-state index in [1.807, 2.05) is 6.92 Å². The molecular weight excluding hydrogens is 286 g/mol. The third-order valence-corrected chi connectivity index (χ3v) is 3.99. The molecule has 0 fully saturated rings. The van der Waals surface area contributed by atoms with E-state index in [1.54, 1.807) is 0 Å². The molecule has 0 amide bonds. The van der Waals surface area contributed by atoms with Gasteiger partial charge in [-0.3, -0.25) is 10.1 Å². The molecule has 9 heteroatoms. The van der Waals surface area contributed by atoms with Crippen LogP contribution in [0.1, 0.15) is 13.3 Å². The quantitative estimate of drug-likeness (QED) is 0.318. The third kappa shape index (κ3) is 4.44. The van der Waals surface area contributed by atoms with E-state index in [2.05, 4.69) is 4.72 Å². The van der Waals surface area contributed by atoms with Crippen molar-refractivity contribution < 1.29 is 18.1 Å². The van der Waals surface area contributed by atoms with Crippen LogP contribution in [-0.2, 0) is 14.8 Å². The van der Waals surface area contributed by atoms with E-state index in [4.69, 9.17) is 10.5 Å². The van der Waals surface area contributed by atoms with Crippen LogP contribution in [0, 0.1) is 10.1 Å². The molecule has 0 saturated heterocycles. The number of ether oxygens (including phenoxy) is 1. The van der Waals surface area contributed by atoms with E-state index in [0.29, 0.717) is 19.6 Å². The first-order valence-electron chi connectivity index (χ1n) is 6.00. The van der Waals surface area contributed by atoms with Gasteiger partial charge in [-0.15, -0.1) is 0 Å². The smallest absolute Gasteiger partial charge is 0.271 e. The molecule has 0 atom stereocenters. The highest BCUT2D eigenvalue weighted by molar-refractivity contribution is 7.89. The van der Waals surface area contributed by atoms with Gasteiger partial charge in [0.2, 0.25) is 10.0 Å². The maximum atomic E-state index is 12.0. The van der Waals surface area contributed by atoms with Crippen LogP contribution in [0.2, 0.25) is 0 Å². The second-order valence-electron chi connectivity index (χ2n) is 3.93. The molecule has 1 aromatic rings. The molecule has 1 rings (SSSR count). The summed E-state index contributed by atoms with van der Waals surface area (Å²) in [6.07, 6.45) is 0.528. The zero-order chi connectivity index (χ0) is 15.2. The molecule has 3 N–H and O–H groups in total. The Kier molecular flexibility index (Phi) is 5.86. The highest BCUT2D eigenvalue weighted by atomic mass is 32.2. The Bertz CT molecular complexity index is 573. The summed E-state index contributed by atoms with van der Waals surface area (Å²) in [6.45, 7) is 3.08. The van der Waals surface area contributed by atoms with Gasteiger partial charge in [-0.1, -0.05) is 0 Å². The van der Waals surface area contributed by atoms with E-state index in [1.165, 1.54) is 0 Å². The molecule has 0 unspecified atom stereocenters. The molecule has 8 nitrogen and oxygen atoms in total. The van der Waals surface area contributed by atoms with Crippen LogP contribution in [-0.4, -0.2) is 33.1 Å². The summed E-state index contributed by atoms with van der Waals surface area (Å²) >= 11 is 0. The number of anilines is 1. The van der Waals surface area contributed by atoms with Gasteiger partial charge in [0.25, 0.3) is 5.69 Å². The van der Waals surface area contributed by atoms with Crippen molar-refractivity contribution in [2.45, 2.75) is 18.2 Å². The Morgan fingerprint density at radius 2 is 2.15 bits per heavy atom. The molecule has 0 aliphatic heterocycles. The van der Waals surface area contributed by atoms with Crippen molar-refractivity contribution in [3.8, 4) is 0 Å². The first-order valence-corrected chi connectivity index (χ1v) is 7.48. The Balaban J connectivity index is 2.75. The highest BCUT2D eigenvalue weighted by Gasteiger charge is 2.19. The van der Waals surface area contributed by atoms with Gasteiger partial charge in [0, 0.05) is 31.9 Å². The van der Waals surface area contributed by atoms with E-state index in [-0.39, 0.29) is 22.8 Å². The van der Waals surface area contributed by atoms with Crippen LogP contribution < -0.4 is 10.5 Å². The fraction of sp³-hybridized carbons (Fsp3) is 0.455. The van der Waals surface area contributed by atoms with Gasteiger partial charge in [-0.2, -0.15) is 0 Å². The van der Waals surface area contributed by atoms with Gasteiger partial charge in [0.05, 0.1) is 10.6 Å². The normalized spacial score (nSPS) is 11.4. The molecule has 0 radical (unpaired) electrons. The lowest BCUT2D eigenvalue weighted by molar-refractivity contribution is -0.384. The van der Waals surface area contributed by atoms with Crippen LogP contribution in [0.3, 0.4) is 0 Å². The second kappa shape index (κ2) is 7.17. The molecule has 0 saturated carbocycles. The van der Waals surface area contributed by atoms with E-state index in [0.717, 1.165) is 18.2 Å². The highest BCUT2D eigenvalue weighted by Crippen LogP contribution is 2.23. The number of nitrogens with two attached hydrogens (primary N) is 1. The first kappa shape index (κ1) is 16.3. The minimum atomic E-state index is -3.77. The lowest BCUT2D eigenvalue weighted by atomic mass is 10.3. The molecule has 0 aliphatic rings. The molecule has 1 aromatic carbocycles. The topological polar surface area (TPSA) is 125 Å². The minimum Gasteiger partial charge on any atom is -0.397 e. The van der Waals surface area contributed by atoms with Crippen LogP contribution in [0.25, 0.3) is 0 Å². The number of benzene rings is 1. The average Bonchev–Trinajstić information content (AvgIpc) is 2.37. The lowest BCUT2D eigenvalue weighted by Gasteiger charge is -2.09. The van der Waals surface area contributed by atoms with Crippen molar-refractivity contribution in [3.05, 3.63) is 28.3 Å². The van der Waals surface area contributed by atoms with Crippen LogP contribution in [0.5, 0.6) is 0 Å². The standard InChI is InChI=1S/C11H17N3O5S/c1-2-19-7-3-6-13-20(17,18)11-5-4-9(14(15)16)8-10(11)12/h4-5,8,13H,2-3,6-7,12H2,1H3. The molecular formula is C11H17N3O5S. The third-order valence-electron chi connectivity index (χ3n) is 2.46. The Hall–Kier alpha value is -1.71. The zero-order valence-electron chi connectivity index (χ0n) is 11.0. The van der Waals surface area contributed by atoms with Gasteiger partial charge in [-0.25, -0.2) is 13.1 Å². The van der Waals surface area contributed by atoms with E-state index in [9.17, 15) is 18.5 Å². The number of hydrogen-bond donors (Lipinski definition) is 2. The van der Waals surface area contributed by atoms with Crippen molar-refractivity contribution in [2.24, 2.45) is 0 Å². The van der Waals surface area contributed by atoms with Crippen molar-refractivity contribution in [3.63, 3.8) is 0 Å². The summed E-state index contributed by atoms with van der Waals surface area (Å²) in [5.74, 6) is 0. The van der Waals surface area contributed by atoms with Gasteiger partial charge in [-0.05, 0) is 19.4 Å². The summed E-state index contributed by atoms with van der Waals surface area (Å²) in [5, 5.41) is 10.6. The number of hydrogen-bond acceptors (Lipinski definition) is 6. The van der Waals surface area contributed by atoms with Gasteiger partial charge < -0.3 is 10.5 Å². The fourth-order valence-corrected chi connectivity index (χ4v) is 2.68. The average molecular weight is 303 g/mol. The number of rotatable bonds is 8. The predicted octanol–water partition coefficient (Wildman–Crippen LogP) is 0.882. The molecule has 0 aromatic heterocycles. The number of nitrogens with zero attached hydrogens (tertiary/aromatic N) is 1. The van der Waals surface area contributed by atoms with Crippen molar-refractivity contribution >= 4 is 21.4 Å².